The van der Waals surface area contributed by atoms with Crippen LogP contribution in [-0.4, -0.2) is 5.16 Å². The Balaban J connectivity index is 2.60. The van der Waals surface area contributed by atoms with Crippen molar-refractivity contribution in [3.05, 3.63) is 40.4 Å². The van der Waals surface area contributed by atoms with Gasteiger partial charge in [-0.2, -0.15) is 0 Å². The Morgan fingerprint density at radius 1 is 1.13 bits per heavy atom. The molecule has 0 atom stereocenters. The van der Waals surface area contributed by atoms with Crippen LogP contribution in [0.5, 0.6) is 0 Å². The Bertz CT molecular complexity index is 708. The van der Waals surface area contributed by atoms with Crippen LogP contribution in [0.1, 0.15) is 5.69 Å². The van der Waals surface area contributed by atoms with Gasteiger partial charge in [-0.25, -0.2) is 4.79 Å². The minimum absolute atomic E-state index is 0.363. The summed E-state index contributed by atoms with van der Waals surface area (Å²) in [4.78, 5) is 11.0. The van der Waals surface area contributed by atoms with E-state index in [1.54, 1.807) is 12.1 Å². The van der Waals surface area contributed by atoms with Crippen LogP contribution >= 0.6 is 0 Å². The SMILES string of the molecule is Cc1noc2c1ccc1oc(=O)ccc12. The smallest absolute Gasteiger partial charge is 0.336 e. The number of benzene rings is 1. The topological polar surface area (TPSA) is 56.2 Å². The Labute approximate surface area is 84.1 Å². The zero-order chi connectivity index (χ0) is 10.4. The van der Waals surface area contributed by atoms with E-state index >= 15 is 0 Å². The predicted octanol–water partition coefficient (Wildman–Crippen LogP) is 2.24. The summed E-state index contributed by atoms with van der Waals surface area (Å²) in [5.74, 6) is 0. The highest BCUT2D eigenvalue weighted by Crippen LogP contribution is 2.25. The van der Waals surface area contributed by atoms with Crippen LogP contribution < -0.4 is 5.63 Å². The van der Waals surface area contributed by atoms with Gasteiger partial charge in [0.05, 0.1) is 11.1 Å². The Morgan fingerprint density at radius 2 is 1.93 bits per heavy atom. The number of hydrogen-bond donors (Lipinski definition) is 0. The van der Waals surface area contributed by atoms with Gasteiger partial charge in [0, 0.05) is 11.5 Å². The van der Waals surface area contributed by atoms with Crippen molar-refractivity contribution in [1.29, 1.82) is 0 Å². The van der Waals surface area contributed by atoms with Gasteiger partial charge in [-0.3, -0.25) is 0 Å². The number of aryl methyl sites for hydroxylation is 1. The highest BCUT2D eigenvalue weighted by molar-refractivity contribution is 6.02. The summed E-state index contributed by atoms with van der Waals surface area (Å²) >= 11 is 0. The fourth-order valence-corrected chi connectivity index (χ4v) is 1.67. The summed E-state index contributed by atoms with van der Waals surface area (Å²) in [7, 11) is 0. The van der Waals surface area contributed by atoms with Crippen LogP contribution in [0.15, 0.2) is 38.0 Å². The molecule has 0 unspecified atom stereocenters. The van der Waals surface area contributed by atoms with E-state index in [1.807, 2.05) is 13.0 Å². The van der Waals surface area contributed by atoms with E-state index in [4.69, 9.17) is 8.94 Å². The van der Waals surface area contributed by atoms with E-state index in [1.165, 1.54) is 6.07 Å². The van der Waals surface area contributed by atoms with E-state index in [-0.39, 0.29) is 5.63 Å². The van der Waals surface area contributed by atoms with Crippen LogP contribution in [-0.2, 0) is 0 Å². The van der Waals surface area contributed by atoms with Gasteiger partial charge in [0.2, 0.25) is 0 Å². The van der Waals surface area contributed by atoms with Crippen LogP contribution in [0.4, 0.5) is 0 Å². The third kappa shape index (κ3) is 1.08. The van der Waals surface area contributed by atoms with Crippen LogP contribution in [0.2, 0.25) is 0 Å². The number of hydrogen-bond acceptors (Lipinski definition) is 4. The number of rotatable bonds is 0. The van der Waals surface area contributed by atoms with Crippen molar-refractivity contribution < 1.29 is 8.94 Å². The zero-order valence-electron chi connectivity index (χ0n) is 7.98. The molecule has 0 saturated carbocycles. The van der Waals surface area contributed by atoms with Gasteiger partial charge < -0.3 is 8.94 Å². The molecule has 0 fully saturated rings. The molecule has 2 heterocycles. The monoisotopic (exact) mass is 201 g/mol. The number of aromatic nitrogens is 1. The molecule has 4 nitrogen and oxygen atoms in total. The number of nitrogens with zero attached hydrogens (tertiary/aromatic N) is 1. The minimum atomic E-state index is -0.363. The lowest BCUT2D eigenvalue weighted by atomic mass is 10.1. The zero-order valence-corrected chi connectivity index (χ0v) is 7.98. The largest absolute Gasteiger partial charge is 0.423 e. The van der Waals surface area contributed by atoms with Crippen molar-refractivity contribution in [1.82, 2.24) is 5.16 Å². The summed E-state index contributed by atoms with van der Waals surface area (Å²) in [5, 5.41) is 5.59. The molecule has 2 aromatic heterocycles. The van der Waals surface area contributed by atoms with Gasteiger partial charge in [-0.05, 0) is 25.1 Å². The van der Waals surface area contributed by atoms with Gasteiger partial charge in [0.25, 0.3) is 0 Å². The predicted molar refractivity (Wildman–Crippen MR) is 54.8 cm³/mol. The molecule has 0 aliphatic rings. The van der Waals surface area contributed by atoms with Crippen molar-refractivity contribution in [2.75, 3.05) is 0 Å². The molecule has 3 rings (SSSR count). The fourth-order valence-electron chi connectivity index (χ4n) is 1.67. The second-order valence-corrected chi connectivity index (χ2v) is 3.38. The Morgan fingerprint density at radius 3 is 2.80 bits per heavy atom. The lowest BCUT2D eigenvalue weighted by Gasteiger charge is -1.94. The highest BCUT2D eigenvalue weighted by Gasteiger charge is 2.09. The second kappa shape index (κ2) is 2.70. The van der Waals surface area contributed by atoms with Crippen molar-refractivity contribution in [3.8, 4) is 0 Å². The molecule has 1 aromatic carbocycles. The molecule has 0 spiro atoms. The van der Waals surface area contributed by atoms with E-state index in [2.05, 4.69) is 5.16 Å². The Kier molecular flexibility index (Phi) is 1.48. The molecular formula is C11H7NO3. The number of fused-ring (bicyclic) bond motifs is 3. The third-order valence-electron chi connectivity index (χ3n) is 2.42. The molecule has 0 saturated heterocycles. The lowest BCUT2D eigenvalue weighted by molar-refractivity contribution is 0.452. The quantitative estimate of drug-likeness (QED) is 0.523. The first-order valence-electron chi connectivity index (χ1n) is 4.54. The molecule has 74 valence electrons. The van der Waals surface area contributed by atoms with Gasteiger partial charge >= 0.3 is 5.63 Å². The van der Waals surface area contributed by atoms with Gasteiger partial charge in [0.1, 0.15) is 5.58 Å². The average molecular weight is 201 g/mol. The van der Waals surface area contributed by atoms with Gasteiger partial charge in [0.15, 0.2) is 5.58 Å². The average Bonchev–Trinajstić information content (AvgIpc) is 2.60. The molecule has 0 amide bonds. The summed E-state index contributed by atoms with van der Waals surface area (Å²) in [6, 6.07) is 6.66. The summed E-state index contributed by atoms with van der Waals surface area (Å²) < 4.78 is 10.2. The summed E-state index contributed by atoms with van der Waals surface area (Å²) in [5.41, 5.74) is 1.65. The van der Waals surface area contributed by atoms with Crippen LogP contribution in [0.3, 0.4) is 0 Å². The molecule has 15 heavy (non-hydrogen) atoms. The molecule has 0 aliphatic heterocycles. The maximum absolute atomic E-state index is 11.0. The van der Waals surface area contributed by atoms with Crippen molar-refractivity contribution >= 4 is 21.9 Å². The van der Waals surface area contributed by atoms with Crippen molar-refractivity contribution in [3.63, 3.8) is 0 Å². The van der Waals surface area contributed by atoms with Crippen LogP contribution in [0.25, 0.3) is 21.9 Å². The molecule has 0 aliphatic carbocycles. The van der Waals surface area contributed by atoms with Gasteiger partial charge in [-0.1, -0.05) is 5.16 Å². The maximum Gasteiger partial charge on any atom is 0.336 e. The summed E-state index contributed by atoms with van der Waals surface area (Å²) in [6.45, 7) is 1.87. The van der Waals surface area contributed by atoms with E-state index in [9.17, 15) is 4.79 Å². The molecule has 0 radical (unpaired) electrons. The normalized spacial score (nSPS) is 11.3. The van der Waals surface area contributed by atoms with E-state index in [0.717, 1.165) is 16.5 Å². The van der Waals surface area contributed by atoms with Crippen molar-refractivity contribution in [2.24, 2.45) is 0 Å². The van der Waals surface area contributed by atoms with Crippen LogP contribution in [0, 0.1) is 6.92 Å². The first kappa shape index (κ1) is 8.23. The van der Waals surface area contributed by atoms with Crippen molar-refractivity contribution in [2.45, 2.75) is 6.92 Å². The third-order valence-corrected chi connectivity index (χ3v) is 2.42. The standard InChI is InChI=1S/C11H7NO3/c1-6-7-2-4-9-8(11(7)15-12-6)3-5-10(13)14-9/h2-5H,1H3. The maximum atomic E-state index is 11.0. The minimum Gasteiger partial charge on any atom is -0.423 e. The molecule has 3 aromatic rings. The first-order chi connectivity index (χ1) is 7.25. The Hall–Kier alpha value is -2.10. The summed E-state index contributed by atoms with van der Waals surface area (Å²) in [6.07, 6.45) is 0. The molecular weight excluding hydrogens is 194 g/mol. The lowest BCUT2D eigenvalue weighted by Crippen LogP contribution is -1.93. The highest BCUT2D eigenvalue weighted by atomic mass is 16.5. The first-order valence-corrected chi connectivity index (χ1v) is 4.54. The second-order valence-electron chi connectivity index (χ2n) is 3.38. The van der Waals surface area contributed by atoms with Gasteiger partial charge in [-0.15, -0.1) is 0 Å². The molecule has 0 N–H and O–H groups in total. The van der Waals surface area contributed by atoms with E-state index in [0.29, 0.717) is 11.2 Å². The fraction of sp³-hybridized carbons (Fsp3) is 0.0909. The van der Waals surface area contributed by atoms with E-state index < -0.39 is 0 Å². The molecule has 0 bridgehead atoms. The molecule has 4 heteroatoms.